The van der Waals surface area contributed by atoms with Crippen LogP contribution >= 0.6 is 0 Å². The molecule has 1 amide bonds. The fourth-order valence-corrected chi connectivity index (χ4v) is 5.76. The molecule has 2 fully saturated rings. The van der Waals surface area contributed by atoms with E-state index in [9.17, 15) is 14.3 Å². The number of nitrogens with zero attached hydrogens (tertiary/aromatic N) is 3. The van der Waals surface area contributed by atoms with Crippen LogP contribution in [0.25, 0.3) is 10.8 Å². The minimum absolute atomic E-state index is 0.0231. The van der Waals surface area contributed by atoms with Gasteiger partial charge in [0.1, 0.15) is 11.4 Å². The number of carbonyl (C=O) groups excluding carboxylic acids is 1. The lowest BCUT2D eigenvalue weighted by Gasteiger charge is -2.43. The van der Waals surface area contributed by atoms with Gasteiger partial charge in [0.05, 0.1) is 12.8 Å². The number of aliphatic hydroxyl groups is 1. The van der Waals surface area contributed by atoms with Gasteiger partial charge in [-0.15, -0.1) is 0 Å². The number of nitrogens with two attached hydrogens (primary N) is 1. The molecule has 3 aromatic carbocycles. The first-order chi connectivity index (χ1) is 18.9. The highest BCUT2D eigenvalue weighted by atomic mass is 32.3. The molecule has 0 aromatic heterocycles. The number of likely N-dealkylation sites (tertiary alicyclic amines) is 1. The molecule has 0 saturated carbocycles. The molecule has 0 radical (unpaired) electrons. The highest BCUT2D eigenvalue weighted by Gasteiger charge is 2.53. The second-order valence-electron chi connectivity index (χ2n) is 10.3. The van der Waals surface area contributed by atoms with Gasteiger partial charge in [0.15, 0.2) is 0 Å². The van der Waals surface area contributed by atoms with Crippen LogP contribution in [0.1, 0.15) is 24.0 Å². The topological polar surface area (TPSA) is 148 Å². The Morgan fingerprint density at radius 1 is 1.02 bits per heavy atom. The first-order valence-corrected chi connectivity index (χ1v) is 14.4. The number of carbonyl (C=O) groups is 1. The van der Waals surface area contributed by atoms with E-state index in [2.05, 4.69) is 53.1 Å². The summed E-state index contributed by atoms with van der Waals surface area (Å²) in [5.41, 5.74) is 8.32. The first-order valence-electron chi connectivity index (χ1n) is 13.0. The Morgan fingerprint density at radius 2 is 1.62 bits per heavy atom. The van der Waals surface area contributed by atoms with Gasteiger partial charge < -0.3 is 20.6 Å². The second-order valence-corrected chi connectivity index (χ2v) is 11.2. The van der Waals surface area contributed by atoms with Gasteiger partial charge in [0.25, 0.3) is 0 Å². The zero-order valence-electron chi connectivity index (χ0n) is 22.3. The number of hydrogen-bond donors (Lipinski definition) is 4. The third-order valence-electron chi connectivity index (χ3n) is 7.63. The molecular weight excluding hydrogens is 539 g/mol. The second kappa shape index (κ2) is 12.2. The lowest BCUT2D eigenvalue weighted by atomic mass is 9.85. The van der Waals surface area contributed by atoms with E-state index in [4.69, 9.17) is 23.3 Å². The van der Waals surface area contributed by atoms with Crippen LogP contribution in [0.2, 0.25) is 0 Å². The van der Waals surface area contributed by atoms with Crippen molar-refractivity contribution in [1.29, 1.82) is 0 Å². The molecule has 2 aliphatic rings. The van der Waals surface area contributed by atoms with Gasteiger partial charge in [-0.3, -0.25) is 18.8 Å². The zero-order valence-corrected chi connectivity index (χ0v) is 23.1. The van der Waals surface area contributed by atoms with Crippen LogP contribution in [0.5, 0.6) is 0 Å². The third-order valence-corrected chi connectivity index (χ3v) is 7.63. The number of rotatable bonds is 6. The highest BCUT2D eigenvalue weighted by molar-refractivity contribution is 7.79. The minimum atomic E-state index is -4.67. The molecule has 5 N–H and O–H groups in total. The van der Waals surface area contributed by atoms with Gasteiger partial charge >= 0.3 is 10.4 Å². The summed E-state index contributed by atoms with van der Waals surface area (Å²) in [5.74, 6) is -0.279. The van der Waals surface area contributed by atoms with Gasteiger partial charge in [0.2, 0.25) is 5.91 Å². The molecule has 216 valence electrons. The molecule has 0 aliphatic carbocycles. The Labute approximate surface area is 233 Å². The molecule has 2 aliphatic heterocycles. The third kappa shape index (κ3) is 6.77. The molecule has 10 nitrogen and oxygen atoms in total. The first kappa shape index (κ1) is 29.8. The van der Waals surface area contributed by atoms with E-state index in [0.717, 1.165) is 25.3 Å². The van der Waals surface area contributed by atoms with Crippen molar-refractivity contribution in [2.75, 3.05) is 37.7 Å². The molecule has 3 aromatic rings. The summed E-state index contributed by atoms with van der Waals surface area (Å²) in [5, 5.41) is 12.7. The number of piperidine rings is 1. The molecule has 1 spiro atoms. The number of β-amino-alcohol motifs (C(OH)–C–C–N with tert-alkyl or cyclic N) is 1. The van der Waals surface area contributed by atoms with Crippen molar-refractivity contribution >= 4 is 32.8 Å². The SMILES string of the molecule is Cc1cccc2cccc(CN3CCC4(CC3)C(=O)N(CC(O)CN)CN4c3ccc(F)cc3)c12.O=S(=O)(O)O. The maximum atomic E-state index is 13.7. The fourth-order valence-electron chi connectivity index (χ4n) is 5.76. The Hall–Kier alpha value is -3.13. The van der Waals surface area contributed by atoms with E-state index in [1.807, 2.05) is 0 Å². The van der Waals surface area contributed by atoms with Crippen molar-refractivity contribution in [2.45, 2.75) is 38.0 Å². The number of benzene rings is 3. The van der Waals surface area contributed by atoms with Gasteiger partial charge in [0, 0.05) is 38.4 Å². The predicted octanol–water partition coefficient (Wildman–Crippen LogP) is 2.60. The zero-order chi connectivity index (χ0) is 29.1. The van der Waals surface area contributed by atoms with Crippen LogP contribution in [-0.2, 0) is 21.7 Å². The summed E-state index contributed by atoms with van der Waals surface area (Å²) < 4.78 is 45.2. The van der Waals surface area contributed by atoms with Crippen LogP contribution < -0.4 is 10.6 Å². The molecule has 1 atom stereocenters. The van der Waals surface area contributed by atoms with E-state index in [1.165, 1.54) is 34.0 Å². The maximum absolute atomic E-state index is 13.7. The monoisotopic (exact) mass is 574 g/mol. The number of aliphatic hydroxyl groups excluding tert-OH is 1. The van der Waals surface area contributed by atoms with Crippen molar-refractivity contribution < 1.29 is 31.8 Å². The summed E-state index contributed by atoms with van der Waals surface area (Å²) in [6, 6.07) is 19.2. The van der Waals surface area contributed by atoms with Crippen molar-refractivity contribution in [3.05, 3.63) is 77.6 Å². The maximum Gasteiger partial charge on any atom is 0.394 e. The smallest absolute Gasteiger partial charge is 0.390 e. The normalized spacial score (nSPS) is 18.2. The van der Waals surface area contributed by atoms with E-state index in [1.54, 1.807) is 17.0 Å². The number of aryl methyl sites for hydroxylation is 1. The molecule has 1 unspecified atom stereocenters. The lowest BCUT2D eigenvalue weighted by molar-refractivity contribution is -0.134. The molecular formula is C28H35FN4O6S. The van der Waals surface area contributed by atoms with Crippen molar-refractivity contribution in [3.63, 3.8) is 0 Å². The Morgan fingerprint density at radius 3 is 2.23 bits per heavy atom. The summed E-state index contributed by atoms with van der Waals surface area (Å²) in [6.07, 6.45) is 0.573. The van der Waals surface area contributed by atoms with Crippen molar-refractivity contribution in [1.82, 2.24) is 9.80 Å². The summed E-state index contributed by atoms with van der Waals surface area (Å²) in [4.78, 5) is 19.9. The number of hydrogen-bond acceptors (Lipinski definition) is 7. The summed E-state index contributed by atoms with van der Waals surface area (Å²) in [7, 11) is -4.67. The molecule has 2 heterocycles. The van der Waals surface area contributed by atoms with Gasteiger partial charge in [-0.25, -0.2) is 4.39 Å². The van der Waals surface area contributed by atoms with Gasteiger partial charge in [-0.05, 0) is 65.9 Å². The molecule has 2 saturated heterocycles. The van der Waals surface area contributed by atoms with Gasteiger partial charge in [-0.1, -0.05) is 36.4 Å². The summed E-state index contributed by atoms with van der Waals surface area (Å²) >= 11 is 0. The van der Waals surface area contributed by atoms with E-state index >= 15 is 0 Å². The Balaban J connectivity index is 0.000000681. The number of amides is 1. The predicted molar refractivity (Wildman–Crippen MR) is 151 cm³/mol. The van der Waals surface area contributed by atoms with Crippen LogP contribution in [-0.4, -0.2) is 82.8 Å². The van der Waals surface area contributed by atoms with E-state index in [-0.39, 0.29) is 24.8 Å². The summed E-state index contributed by atoms with van der Waals surface area (Å²) in [6.45, 7) is 5.21. The van der Waals surface area contributed by atoms with Crippen LogP contribution in [0.15, 0.2) is 60.7 Å². The van der Waals surface area contributed by atoms with E-state index < -0.39 is 22.0 Å². The Bertz CT molecular complexity index is 1430. The average molecular weight is 575 g/mol. The quantitative estimate of drug-likeness (QED) is 0.326. The number of halogens is 1. The largest absolute Gasteiger partial charge is 0.394 e. The lowest BCUT2D eigenvalue weighted by Crippen LogP contribution is -2.56. The Kier molecular flexibility index (Phi) is 9.08. The fraction of sp³-hybridized carbons (Fsp3) is 0.393. The minimum Gasteiger partial charge on any atom is -0.390 e. The van der Waals surface area contributed by atoms with Crippen LogP contribution in [0.3, 0.4) is 0 Å². The van der Waals surface area contributed by atoms with Crippen LogP contribution in [0, 0.1) is 12.7 Å². The number of anilines is 1. The van der Waals surface area contributed by atoms with E-state index in [0.29, 0.717) is 19.5 Å². The standard InChI is InChI=1S/C28H33FN4O2.H2O4S/c1-20-4-2-5-21-6-3-7-22(26(20)21)17-31-14-12-28(13-15-31)27(35)32(18-25(34)16-30)19-33(28)24-10-8-23(29)9-11-24;1-5(2,3)4/h2-11,25,34H,12-19,30H2,1H3;(H2,1,2,3,4). The van der Waals surface area contributed by atoms with Crippen molar-refractivity contribution in [2.24, 2.45) is 5.73 Å². The molecule has 12 heteroatoms. The average Bonchev–Trinajstić information content (AvgIpc) is 3.16. The molecule has 40 heavy (non-hydrogen) atoms. The van der Waals surface area contributed by atoms with Gasteiger partial charge in [-0.2, -0.15) is 8.42 Å². The molecule has 0 bridgehead atoms. The number of fused-ring (bicyclic) bond motifs is 1. The van der Waals surface area contributed by atoms with Crippen LogP contribution in [0.4, 0.5) is 10.1 Å². The molecule has 5 rings (SSSR count). The highest BCUT2D eigenvalue weighted by Crippen LogP contribution is 2.40. The van der Waals surface area contributed by atoms with Crippen molar-refractivity contribution in [3.8, 4) is 0 Å².